The van der Waals surface area contributed by atoms with Gasteiger partial charge in [-0.2, -0.15) is 0 Å². The lowest BCUT2D eigenvalue weighted by Crippen LogP contribution is -2.22. The van der Waals surface area contributed by atoms with E-state index in [0.29, 0.717) is 28.9 Å². The predicted molar refractivity (Wildman–Crippen MR) is 95.9 cm³/mol. The average Bonchev–Trinajstić information content (AvgIpc) is 3.01. The molecule has 0 atom stereocenters. The van der Waals surface area contributed by atoms with Crippen molar-refractivity contribution in [3.05, 3.63) is 82.4 Å². The Morgan fingerprint density at radius 2 is 1.88 bits per heavy atom. The first kappa shape index (κ1) is 15.1. The van der Waals surface area contributed by atoms with Crippen molar-refractivity contribution in [1.29, 1.82) is 0 Å². The van der Waals surface area contributed by atoms with E-state index in [9.17, 15) is 9.59 Å². The second-order valence-electron chi connectivity index (χ2n) is 5.76. The molecule has 0 saturated carbocycles. The minimum atomic E-state index is -0.248. The molecule has 4 aromatic rings. The molecule has 124 valence electrons. The number of aromatic nitrogens is 3. The third-order valence-corrected chi connectivity index (χ3v) is 4.22. The average molecular weight is 332 g/mol. The van der Waals surface area contributed by atoms with Crippen LogP contribution < -0.4 is 10.9 Å². The molecular weight excluding hydrogens is 316 g/mol. The maximum Gasteiger partial charge on any atom is 0.267 e. The van der Waals surface area contributed by atoms with Gasteiger partial charge in [-0.05, 0) is 23.8 Å². The molecule has 3 heterocycles. The highest BCUT2D eigenvalue weighted by Gasteiger charge is 2.19. The summed E-state index contributed by atoms with van der Waals surface area (Å²) >= 11 is 0. The molecule has 6 heteroatoms. The van der Waals surface area contributed by atoms with Crippen LogP contribution in [0.5, 0.6) is 0 Å². The molecule has 1 aromatic carbocycles. The number of hydrogen-bond acceptors (Lipinski definition) is 3. The van der Waals surface area contributed by atoms with Crippen molar-refractivity contribution in [2.75, 3.05) is 7.05 Å². The molecule has 1 amide bonds. The van der Waals surface area contributed by atoms with Crippen molar-refractivity contribution in [3.8, 4) is 0 Å². The molecule has 0 aliphatic rings. The van der Waals surface area contributed by atoms with Crippen LogP contribution in [0.1, 0.15) is 16.1 Å². The molecule has 0 unspecified atom stereocenters. The zero-order chi connectivity index (χ0) is 17.4. The van der Waals surface area contributed by atoms with E-state index in [4.69, 9.17) is 0 Å². The van der Waals surface area contributed by atoms with Crippen molar-refractivity contribution < 1.29 is 4.79 Å². The van der Waals surface area contributed by atoms with Gasteiger partial charge in [-0.15, -0.1) is 0 Å². The maximum atomic E-state index is 12.8. The maximum absolute atomic E-state index is 12.8. The molecule has 0 aliphatic carbocycles. The quantitative estimate of drug-likeness (QED) is 0.624. The molecule has 0 fully saturated rings. The van der Waals surface area contributed by atoms with Crippen LogP contribution in [0.3, 0.4) is 0 Å². The minimum Gasteiger partial charge on any atom is -0.354 e. The fourth-order valence-corrected chi connectivity index (χ4v) is 2.99. The minimum absolute atomic E-state index is 0.183. The number of fused-ring (bicyclic) bond motifs is 2. The van der Waals surface area contributed by atoms with Crippen LogP contribution in [-0.2, 0) is 6.54 Å². The van der Waals surface area contributed by atoms with E-state index >= 15 is 0 Å². The lowest BCUT2D eigenvalue weighted by molar-refractivity contribution is 0.0954. The molecule has 25 heavy (non-hydrogen) atoms. The molecule has 0 bridgehead atoms. The zero-order valence-corrected chi connectivity index (χ0v) is 13.6. The number of amides is 1. The van der Waals surface area contributed by atoms with Crippen LogP contribution in [0.15, 0.2) is 65.6 Å². The van der Waals surface area contributed by atoms with E-state index in [-0.39, 0.29) is 11.5 Å². The van der Waals surface area contributed by atoms with Gasteiger partial charge in [-0.3, -0.25) is 14.0 Å². The number of nitrogens with zero attached hydrogens (tertiary/aromatic N) is 3. The second kappa shape index (κ2) is 5.90. The summed E-state index contributed by atoms with van der Waals surface area (Å²) in [6, 6.07) is 16.8. The van der Waals surface area contributed by atoms with Crippen LogP contribution in [-0.4, -0.2) is 26.9 Å². The molecular formula is C19H16N4O2. The number of nitrogens with one attached hydrogen (secondary N) is 1. The highest BCUT2D eigenvalue weighted by molar-refractivity contribution is 5.98. The third-order valence-electron chi connectivity index (χ3n) is 4.22. The molecule has 6 nitrogen and oxygen atoms in total. The van der Waals surface area contributed by atoms with Crippen LogP contribution in [0, 0.1) is 0 Å². The van der Waals surface area contributed by atoms with Gasteiger partial charge >= 0.3 is 0 Å². The lowest BCUT2D eigenvalue weighted by atomic mass is 10.2. The smallest absolute Gasteiger partial charge is 0.267 e. The van der Waals surface area contributed by atoms with Crippen molar-refractivity contribution in [1.82, 2.24) is 19.3 Å². The van der Waals surface area contributed by atoms with Crippen molar-refractivity contribution in [2.24, 2.45) is 0 Å². The molecule has 1 N–H and O–H groups in total. The SMILES string of the molecule is CNC(=O)c1cc2c(=O)n3ccccc3nc2n1Cc1ccccc1. The molecule has 0 radical (unpaired) electrons. The summed E-state index contributed by atoms with van der Waals surface area (Å²) in [7, 11) is 1.57. The summed E-state index contributed by atoms with van der Waals surface area (Å²) in [5.74, 6) is -0.248. The first-order chi connectivity index (χ1) is 12.2. The summed E-state index contributed by atoms with van der Waals surface area (Å²) in [5.41, 5.74) is 2.33. The van der Waals surface area contributed by atoms with Crippen molar-refractivity contribution in [3.63, 3.8) is 0 Å². The molecule has 3 aromatic heterocycles. The van der Waals surface area contributed by atoms with Gasteiger partial charge in [-0.25, -0.2) is 4.98 Å². The Morgan fingerprint density at radius 1 is 1.12 bits per heavy atom. The van der Waals surface area contributed by atoms with E-state index in [0.717, 1.165) is 5.56 Å². The van der Waals surface area contributed by atoms with E-state index in [1.807, 2.05) is 36.4 Å². The first-order valence-electron chi connectivity index (χ1n) is 7.95. The van der Waals surface area contributed by atoms with Gasteiger partial charge < -0.3 is 9.88 Å². The largest absolute Gasteiger partial charge is 0.354 e. The van der Waals surface area contributed by atoms with Gasteiger partial charge in [0.05, 0.1) is 5.39 Å². The van der Waals surface area contributed by atoms with Gasteiger partial charge in [0.25, 0.3) is 11.5 Å². The third kappa shape index (κ3) is 2.48. The fraction of sp³-hybridized carbons (Fsp3) is 0.105. The van der Waals surface area contributed by atoms with Crippen LogP contribution in [0.4, 0.5) is 0 Å². The van der Waals surface area contributed by atoms with Crippen LogP contribution >= 0.6 is 0 Å². The van der Waals surface area contributed by atoms with Crippen LogP contribution in [0.2, 0.25) is 0 Å². The molecule has 0 spiro atoms. The van der Waals surface area contributed by atoms with Crippen molar-refractivity contribution in [2.45, 2.75) is 6.54 Å². The number of carbonyl (C=O) groups excluding carboxylic acids is 1. The topological polar surface area (TPSA) is 68.4 Å². The lowest BCUT2D eigenvalue weighted by Gasteiger charge is -2.10. The predicted octanol–water partition coefficient (Wildman–Crippen LogP) is 2.06. The van der Waals surface area contributed by atoms with E-state index in [1.54, 1.807) is 36.0 Å². The van der Waals surface area contributed by atoms with Crippen molar-refractivity contribution >= 4 is 22.6 Å². The van der Waals surface area contributed by atoms with E-state index < -0.39 is 0 Å². The summed E-state index contributed by atoms with van der Waals surface area (Å²) in [6.45, 7) is 0.461. The second-order valence-corrected chi connectivity index (χ2v) is 5.76. The monoisotopic (exact) mass is 332 g/mol. The number of benzene rings is 1. The number of carbonyl (C=O) groups is 1. The fourth-order valence-electron chi connectivity index (χ4n) is 2.99. The van der Waals surface area contributed by atoms with E-state index in [2.05, 4.69) is 10.3 Å². The Morgan fingerprint density at radius 3 is 2.64 bits per heavy atom. The standard InChI is InChI=1S/C19H16N4O2/c1-20-18(24)15-11-14-17(23(15)12-13-7-3-2-4-8-13)21-16-9-5-6-10-22(16)19(14)25/h2-11H,12H2,1H3,(H,20,24). The van der Waals surface area contributed by atoms with Crippen LogP contribution in [0.25, 0.3) is 16.7 Å². The highest BCUT2D eigenvalue weighted by atomic mass is 16.2. The summed E-state index contributed by atoms with van der Waals surface area (Å²) in [4.78, 5) is 29.7. The molecule has 0 aliphatic heterocycles. The Balaban J connectivity index is 2.03. The Hall–Kier alpha value is -3.41. The van der Waals surface area contributed by atoms with Gasteiger partial charge in [0, 0.05) is 19.8 Å². The zero-order valence-electron chi connectivity index (χ0n) is 13.6. The summed E-state index contributed by atoms with van der Waals surface area (Å²) in [6.07, 6.45) is 1.68. The normalized spacial score (nSPS) is 11.1. The highest BCUT2D eigenvalue weighted by Crippen LogP contribution is 2.18. The Kier molecular flexibility index (Phi) is 3.57. The van der Waals surface area contributed by atoms with Gasteiger partial charge in [0.1, 0.15) is 17.0 Å². The van der Waals surface area contributed by atoms with Gasteiger partial charge in [0.2, 0.25) is 0 Å². The first-order valence-corrected chi connectivity index (χ1v) is 7.95. The summed E-state index contributed by atoms with van der Waals surface area (Å²) in [5, 5.41) is 3.06. The van der Waals surface area contributed by atoms with E-state index in [1.165, 1.54) is 4.40 Å². The van der Waals surface area contributed by atoms with Gasteiger partial charge in [0.15, 0.2) is 0 Å². The molecule has 0 saturated heterocycles. The number of pyridine rings is 1. The molecule has 4 rings (SSSR count). The summed E-state index contributed by atoms with van der Waals surface area (Å²) < 4.78 is 3.28. The number of hydrogen-bond donors (Lipinski definition) is 1. The van der Waals surface area contributed by atoms with Gasteiger partial charge in [-0.1, -0.05) is 36.4 Å². The Bertz CT molecular complexity index is 1140. The number of rotatable bonds is 3. The Labute approximate surface area is 143 Å².